The fourth-order valence-corrected chi connectivity index (χ4v) is 3.06. The average molecular weight is 399 g/mol. The van der Waals surface area contributed by atoms with Crippen molar-refractivity contribution in [2.45, 2.75) is 0 Å². The summed E-state index contributed by atoms with van der Waals surface area (Å²) in [6, 6.07) is 4.99. The predicted molar refractivity (Wildman–Crippen MR) is 81.2 cm³/mol. The molecule has 0 aromatic heterocycles. The summed E-state index contributed by atoms with van der Waals surface area (Å²) in [5.74, 6) is -18.9. The van der Waals surface area contributed by atoms with Crippen molar-refractivity contribution in [1.29, 1.82) is 0 Å². The Morgan fingerprint density at radius 1 is 0.536 bits per heavy atom. The smallest absolute Gasteiger partial charge is 0.266 e. The highest BCUT2D eigenvalue weighted by atomic mass is 19.2. The van der Waals surface area contributed by atoms with E-state index >= 15 is 0 Å². The summed E-state index contributed by atoms with van der Waals surface area (Å²) in [4.78, 5) is 24.6. The quantitative estimate of drug-likeness (QED) is 0.259. The zero-order valence-corrected chi connectivity index (χ0v) is 13.2. The second-order valence-electron chi connectivity index (χ2n) is 5.79. The molecule has 0 saturated carbocycles. The third-order valence-electron chi connectivity index (χ3n) is 4.33. The number of benzene rings is 3. The predicted octanol–water partition coefficient (Wildman–Crippen LogP) is 4.61. The highest BCUT2D eigenvalue weighted by Gasteiger charge is 2.42. The topological polar surface area (TPSA) is 37.4 Å². The molecular formula is C18H4F7NO2. The lowest BCUT2D eigenvalue weighted by Crippen LogP contribution is -2.31. The van der Waals surface area contributed by atoms with Crippen LogP contribution in [0.4, 0.5) is 36.4 Å². The van der Waals surface area contributed by atoms with Crippen LogP contribution in [0.3, 0.4) is 0 Å². The van der Waals surface area contributed by atoms with Crippen molar-refractivity contribution in [3.8, 4) is 0 Å². The van der Waals surface area contributed by atoms with Crippen LogP contribution in [0.25, 0.3) is 10.8 Å². The van der Waals surface area contributed by atoms with Crippen molar-refractivity contribution in [1.82, 2.24) is 0 Å². The van der Waals surface area contributed by atoms with Crippen molar-refractivity contribution >= 4 is 28.3 Å². The monoisotopic (exact) mass is 399 g/mol. The lowest BCUT2D eigenvalue weighted by atomic mass is 10.0. The molecule has 0 fully saturated rings. The number of carbonyl (C=O) groups excluding carboxylic acids is 2. The first kappa shape index (κ1) is 18.0. The van der Waals surface area contributed by atoms with Crippen LogP contribution in [0.15, 0.2) is 24.3 Å². The van der Waals surface area contributed by atoms with Crippen LogP contribution in [0.1, 0.15) is 20.7 Å². The molecule has 3 nitrogen and oxygen atoms in total. The molecule has 28 heavy (non-hydrogen) atoms. The summed E-state index contributed by atoms with van der Waals surface area (Å²) >= 11 is 0. The Bertz CT molecular complexity index is 1200. The maximum absolute atomic E-state index is 14.8. The lowest BCUT2D eigenvalue weighted by Gasteiger charge is -2.18. The van der Waals surface area contributed by atoms with Crippen LogP contribution in [-0.4, -0.2) is 11.8 Å². The normalized spacial score (nSPS) is 13.6. The number of hydrogen-bond donors (Lipinski definition) is 0. The summed E-state index contributed by atoms with van der Waals surface area (Å²) in [6.07, 6.45) is 0. The zero-order chi connectivity index (χ0) is 20.5. The van der Waals surface area contributed by atoms with E-state index in [-0.39, 0.29) is 16.0 Å². The second-order valence-corrected chi connectivity index (χ2v) is 5.79. The van der Waals surface area contributed by atoms with E-state index < -0.39 is 69.0 Å². The Morgan fingerprint density at radius 2 is 0.929 bits per heavy atom. The molecule has 4 rings (SSSR count). The minimum absolute atomic E-state index is 0.115. The summed E-state index contributed by atoms with van der Waals surface area (Å²) in [5.41, 5.74) is -2.21. The fourth-order valence-electron chi connectivity index (χ4n) is 3.06. The maximum atomic E-state index is 14.8. The van der Waals surface area contributed by atoms with Gasteiger partial charge in [0.15, 0.2) is 40.7 Å². The molecule has 1 aliphatic rings. The lowest BCUT2D eigenvalue weighted by molar-refractivity contribution is 0.0923. The molecule has 0 radical (unpaired) electrons. The molecule has 0 unspecified atom stereocenters. The number of hydrogen-bond acceptors (Lipinski definition) is 2. The van der Waals surface area contributed by atoms with E-state index in [1.165, 1.54) is 12.1 Å². The van der Waals surface area contributed by atoms with Gasteiger partial charge >= 0.3 is 0 Å². The number of halogens is 7. The summed E-state index contributed by atoms with van der Waals surface area (Å²) in [6.45, 7) is 0. The molecule has 3 aromatic rings. The number of carbonyl (C=O) groups is 2. The Hall–Kier alpha value is -3.43. The molecule has 0 spiro atoms. The van der Waals surface area contributed by atoms with E-state index in [4.69, 9.17) is 0 Å². The van der Waals surface area contributed by atoms with Crippen LogP contribution in [-0.2, 0) is 0 Å². The Morgan fingerprint density at radius 3 is 1.39 bits per heavy atom. The molecule has 0 aliphatic carbocycles. The van der Waals surface area contributed by atoms with Gasteiger partial charge in [-0.25, -0.2) is 35.6 Å². The van der Waals surface area contributed by atoms with Crippen LogP contribution >= 0.6 is 0 Å². The molecule has 0 saturated heterocycles. The van der Waals surface area contributed by atoms with E-state index in [1.54, 1.807) is 0 Å². The second kappa shape index (κ2) is 5.78. The van der Waals surface area contributed by atoms with Gasteiger partial charge in [0.25, 0.3) is 11.8 Å². The van der Waals surface area contributed by atoms with Crippen molar-refractivity contribution < 1.29 is 40.3 Å². The number of imide groups is 1. The van der Waals surface area contributed by atoms with E-state index in [0.29, 0.717) is 0 Å². The maximum Gasteiger partial charge on any atom is 0.266 e. The fraction of sp³-hybridized carbons (Fsp3) is 0. The minimum Gasteiger partial charge on any atom is -0.268 e. The van der Waals surface area contributed by atoms with E-state index in [2.05, 4.69) is 0 Å². The molecule has 0 N–H and O–H groups in total. The van der Waals surface area contributed by atoms with Gasteiger partial charge in [0.1, 0.15) is 5.69 Å². The van der Waals surface area contributed by atoms with Crippen molar-refractivity contribution in [3.63, 3.8) is 0 Å². The van der Waals surface area contributed by atoms with Crippen molar-refractivity contribution in [3.05, 3.63) is 76.1 Å². The average Bonchev–Trinajstić information content (AvgIpc) is 2.93. The van der Waals surface area contributed by atoms with Gasteiger partial charge in [-0.1, -0.05) is 12.1 Å². The molecule has 1 aliphatic heterocycles. The molecule has 0 atom stereocenters. The number of fused-ring (bicyclic) bond motifs is 2. The summed E-state index contributed by atoms with van der Waals surface area (Å²) in [7, 11) is 0. The molecular weight excluding hydrogens is 395 g/mol. The Kier molecular flexibility index (Phi) is 3.71. The number of amides is 2. The number of rotatable bonds is 1. The first-order valence-corrected chi connectivity index (χ1v) is 7.48. The number of nitrogens with zero attached hydrogens (tertiary/aromatic N) is 1. The summed E-state index contributed by atoms with van der Waals surface area (Å²) < 4.78 is 98.4. The molecule has 10 heteroatoms. The molecule has 0 bridgehead atoms. The van der Waals surface area contributed by atoms with Gasteiger partial charge in [-0.15, -0.1) is 0 Å². The first-order valence-electron chi connectivity index (χ1n) is 7.48. The van der Waals surface area contributed by atoms with Gasteiger partial charge in [-0.2, -0.15) is 0 Å². The van der Waals surface area contributed by atoms with Gasteiger partial charge in [0, 0.05) is 0 Å². The van der Waals surface area contributed by atoms with Gasteiger partial charge in [0.2, 0.25) is 0 Å². The first-order chi connectivity index (χ1) is 13.2. The van der Waals surface area contributed by atoms with Crippen molar-refractivity contribution in [2.24, 2.45) is 0 Å². The number of anilines is 1. The molecule has 2 amide bonds. The largest absolute Gasteiger partial charge is 0.268 e. The van der Waals surface area contributed by atoms with E-state index in [9.17, 15) is 40.3 Å². The SMILES string of the molecule is O=C1c2ccccc2C(=O)N1c1c(F)c(F)c2c(F)c(F)c(F)c(F)c2c1F. The standard InChI is InChI=1S/C18H4F7NO2/c19-9-7-8(10(20)14(24)13(9)23)12(22)16(15(25)11(7)21)26-17(27)5-3-1-2-4-6(5)18(26)28/h1-4H. The van der Waals surface area contributed by atoms with Crippen LogP contribution < -0.4 is 4.90 Å². The molecule has 3 aromatic carbocycles. The highest BCUT2D eigenvalue weighted by molar-refractivity contribution is 6.34. The highest BCUT2D eigenvalue weighted by Crippen LogP contribution is 2.40. The Balaban J connectivity index is 2.11. The summed E-state index contributed by atoms with van der Waals surface area (Å²) in [5, 5.41) is -3.60. The zero-order valence-electron chi connectivity index (χ0n) is 13.2. The minimum atomic E-state index is -2.48. The van der Waals surface area contributed by atoms with Crippen LogP contribution in [0.2, 0.25) is 0 Å². The van der Waals surface area contributed by atoms with Crippen LogP contribution in [0.5, 0.6) is 0 Å². The van der Waals surface area contributed by atoms with Gasteiger partial charge in [-0.05, 0) is 12.1 Å². The van der Waals surface area contributed by atoms with Gasteiger partial charge in [0.05, 0.1) is 21.9 Å². The van der Waals surface area contributed by atoms with Gasteiger partial charge < -0.3 is 0 Å². The third-order valence-corrected chi connectivity index (χ3v) is 4.33. The third kappa shape index (κ3) is 2.05. The van der Waals surface area contributed by atoms with Crippen LogP contribution in [0, 0.1) is 40.7 Å². The van der Waals surface area contributed by atoms with E-state index in [0.717, 1.165) is 12.1 Å². The molecule has 142 valence electrons. The van der Waals surface area contributed by atoms with E-state index in [1.807, 2.05) is 0 Å². The Labute approximate surface area is 150 Å². The van der Waals surface area contributed by atoms with Gasteiger partial charge in [-0.3, -0.25) is 9.59 Å². The molecule has 1 heterocycles. The van der Waals surface area contributed by atoms with Crippen molar-refractivity contribution in [2.75, 3.05) is 4.90 Å².